The lowest BCUT2D eigenvalue weighted by Gasteiger charge is -2.18. The zero-order valence-corrected chi connectivity index (χ0v) is 14.9. The molecule has 1 aliphatic heterocycles. The zero-order valence-electron chi connectivity index (χ0n) is 14.1. The Labute approximate surface area is 152 Å². The van der Waals surface area contributed by atoms with Gasteiger partial charge in [-0.15, -0.1) is 0 Å². The van der Waals surface area contributed by atoms with E-state index in [1.54, 1.807) is 36.4 Å². The summed E-state index contributed by atoms with van der Waals surface area (Å²) in [5.74, 6) is -1.17. The van der Waals surface area contributed by atoms with Gasteiger partial charge in [-0.05, 0) is 42.8 Å². The maximum atomic E-state index is 12.6. The van der Waals surface area contributed by atoms with Crippen molar-refractivity contribution < 1.29 is 18.3 Å². The van der Waals surface area contributed by atoms with Gasteiger partial charge in [0.1, 0.15) is 0 Å². The fourth-order valence-corrected chi connectivity index (χ4v) is 3.94. The Bertz CT molecular complexity index is 896. The maximum Gasteiger partial charge on any atom is 0.308 e. The van der Waals surface area contributed by atoms with E-state index in [-0.39, 0.29) is 10.8 Å². The molecule has 0 bridgehead atoms. The number of hydrogen-bond acceptors (Lipinski definition) is 4. The van der Waals surface area contributed by atoms with Crippen LogP contribution in [0.1, 0.15) is 6.42 Å². The molecule has 1 heterocycles. The van der Waals surface area contributed by atoms with Crippen molar-refractivity contribution >= 4 is 21.7 Å². The number of nitrogens with zero attached hydrogens (tertiary/aromatic N) is 1. The van der Waals surface area contributed by atoms with Crippen molar-refractivity contribution in [3.63, 3.8) is 0 Å². The van der Waals surface area contributed by atoms with E-state index in [0.717, 1.165) is 5.69 Å². The molecule has 0 aromatic heterocycles. The van der Waals surface area contributed by atoms with Crippen molar-refractivity contribution in [1.29, 1.82) is 0 Å². The van der Waals surface area contributed by atoms with E-state index in [4.69, 9.17) is 5.11 Å². The minimum absolute atomic E-state index is 0.158. The van der Waals surface area contributed by atoms with E-state index in [0.29, 0.717) is 25.2 Å². The zero-order chi connectivity index (χ0) is 18.6. The number of rotatable bonds is 5. The molecule has 2 N–H and O–H groups in total. The van der Waals surface area contributed by atoms with Crippen LogP contribution in [0.3, 0.4) is 0 Å². The molecule has 1 aromatic carbocycles. The van der Waals surface area contributed by atoms with Gasteiger partial charge in [0.15, 0.2) is 0 Å². The Morgan fingerprint density at radius 2 is 1.77 bits per heavy atom. The van der Waals surface area contributed by atoms with Crippen LogP contribution in [0.5, 0.6) is 0 Å². The third-order valence-corrected chi connectivity index (χ3v) is 5.70. The molecule has 1 saturated heterocycles. The third-order valence-electron chi connectivity index (χ3n) is 4.30. The van der Waals surface area contributed by atoms with E-state index in [1.165, 1.54) is 12.1 Å². The Balaban J connectivity index is 1.72. The minimum atomic E-state index is -3.69. The van der Waals surface area contributed by atoms with Crippen molar-refractivity contribution in [3.8, 4) is 0 Å². The highest BCUT2D eigenvalue weighted by molar-refractivity contribution is 7.89. The number of aliphatic carboxylic acids is 1. The van der Waals surface area contributed by atoms with Crippen molar-refractivity contribution in [2.24, 2.45) is 5.92 Å². The third kappa shape index (κ3) is 4.23. The van der Waals surface area contributed by atoms with E-state index < -0.39 is 16.0 Å². The molecule has 1 unspecified atom stereocenters. The normalized spacial score (nSPS) is 25.5. The van der Waals surface area contributed by atoms with Gasteiger partial charge in [-0.3, -0.25) is 9.52 Å². The molecule has 26 heavy (non-hydrogen) atoms. The van der Waals surface area contributed by atoms with Gasteiger partial charge in [-0.2, -0.15) is 0 Å². The number of carbonyl (C=O) groups is 1. The highest BCUT2D eigenvalue weighted by atomic mass is 32.2. The number of hydrogen-bond donors (Lipinski definition) is 2. The van der Waals surface area contributed by atoms with Crippen LogP contribution in [0.2, 0.25) is 0 Å². The fraction of sp³-hybridized carbons (Fsp3) is 0.211. The summed E-state index contributed by atoms with van der Waals surface area (Å²) < 4.78 is 27.7. The highest BCUT2D eigenvalue weighted by Gasteiger charge is 2.28. The lowest BCUT2D eigenvalue weighted by molar-refractivity contribution is -0.140. The number of carboxylic acids is 1. The first-order valence-electron chi connectivity index (χ1n) is 8.28. The van der Waals surface area contributed by atoms with Gasteiger partial charge in [0, 0.05) is 24.5 Å². The van der Waals surface area contributed by atoms with Crippen LogP contribution in [0.15, 0.2) is 77.4 Å². The van der Waals surface area contributed by atoms with Crippen LogP contribution < -0.4 is 9.62 Å². The van der Waals surface area contributed by atoms with E-state index >= 15 is 0 Å². The van der Waals surface area contributed by atoms with Gasteiger partial charge in [0.05, 0.1) is 10.8 Å². The molecule has 2 aliphatic rings. The Hall–Kier alpha value is -2.80. The minimum Gasteiger partial charge on any atom is -0.481 e. The predicted molar refractivity (Wildman–Crippen MR) is 100 cm³/mol. The van der Waals surface area contributed by atoms with Gasteiger partial charge >= 0.3 is 5.97 Å². The Morgan fingerprint density at radius 3 is 2.46 bits per heavy atom. The molecule has 0 saturated carbocycles. The summed E-state index contributed by atoms with van der Waals surface area (Å²) >= 11 is 0. The number of carboxylic acid groups (broad SMARTS) is 1. The summed E-state index contributed by atoms with van der Waals surface area (Å²) in [5.41, 5.74) is 1.30. The number of nitrogens with one attached hydrogen (secondary N) is 1. The monoisotopic (exact) mass is 372 g/mol. The first-order valence-corrected chi connectivity index (χ1v) is 9.76. The number of sulfonamides is 1. The molecular weight excluding hydrogens is 352 g/mol. The smallest absolute Gasteiger partial charge is 0.308 e. The van der Waals surface area contributed by atoms with E-state index in [9.17, 15) is 13.2 Å². The van der Waals surface area contributed by atoms with Gasteiger partial charge in [-0.1, -0.05) is 30.4 Å². The summed E-state index contributed by atoms with van der Waals surface area (Å²) in [7, 11) is -3.69. The average molecular weight is 372 g/mol. The molecular formula is C19H20N2O4S. The first kappa shape index (κ1) is 18.0. The number of allylic oxidation sites excluding steroid dienone is 7. The van der Waals surface area contributed by atoms with Crippen LogP contribution >= 0.6 is 0 Å². The van der Waals surface area contributed by atoms with Gasteiger partial charge in [0.25, 0.3) is 10.0 Å². The summed E-state index contributed by atoms with van der Waals surface area (Å²) in [6, 6.07) is 6.50. The summed E-state index contributed by atoms with van der Waals surface area (Å²) in [6.07, 6.45) is 13.0. The van der Waals surface area contributed by atoms with Crippen LogP contribution in [0.25, 0.3) is 0 Å². The molecule has 1 aromatic rings. The van der Waals surface area contributed by atoms with Gasteiger partial charge in [0.2, 0.25) is 0 Å². The molecule has 0 spiro atoms. The standard InChI is InChI=1S/C19H20N2O4S/c22-19(23)15-12-13-21(14-15)17-8-10-18(11-9-17)26(24,25)20-16-6-4-2-1-3-5-7-16/h1-11,15,20H,12-14H2,(H,22,23)/b2-1-,3-1?,4-2?,5-3-,6-4-,7-5?,16-6?,16-7+. The van der Waals surface area contributed by atoms with Crippen molar-refractivity contribution in [2.75, 3.05) is 18.0 Å². The Kier molecular flexibility index (Phi) is 5.27. The quantitative estimate of drug-likeness (QED) is 0.829. The average Bonchev–Trinajstić information content (AvgIpc) is 3.08. The molecule has 6 nitrogen and oxygen atoms in total. The van der Waals surface area contributed by atoms with Gasteiger partial charge < -0.3 is 10.0 Å². The maximum absolute atomic E-state index is 12.6. The fourth-order valence-electron chi connectivity index (χ4n) is 2.88. The highest BCUT2D eigenvalue weighted by Crippen LogP contribution is 2.25. The van der Waals surface area contributed by atoms with Crippen molar-refractivity contribution in [2.45, 2.75) is 11.3 Å². The number of anilines is 1. The van der Waals surface area contributed by atoms with E-state index in [1.807, 2.05) is 23.1 Å². The molecule has 0 radical (unpaired) electrons. The lowest BCUT2D eigenvalue weighted by atomic mass is 10.1. The van der Waals surface area contributed by atoms with Crippen molar-refractivity contribution in [3.05, 3.63) is 72.5 Å². The summed E-state index contributed by atoms with van der Waals surface area (Å²) in [5, 5.41) is 9.09. The van der Waals surface area contributed by atoms with E-state index in [2.05, 4.69) is 4.72 Å². The van der Waals surface area contributed by atoms with Crippen LogP contribution in [0, 0.1) is 5.92 Å². The molecule has 0 amide bonds. The first-order chi connectivity index (χ1) is 12.5. The second-order valence-corrected chi connectivity index (χ2v) is 7.80. The van der Waals surface area contributed by atoms with Crippen LogP contribution in [0.4, 0.5) is 5.69 Å². The predicted octanol–water partition coefficient (Wildman–Crippen LogP) is 2.44. The summed E-state index contributed by atoms with van der Waals surface area (Å²) in [4.78, 5) is 13.2. The van der Waals surface area contributed by atoms with Crippen LogP contribution in [-0.2, 0) is 14.8 Å². The largest absolute Gasteiger partial charge is 0.481 e. The van der Waals surface area contributed by atoms with Crippen LogP contribution in [-0.4, -0.2) is 32.6 Å². The number of benzene rings is 1. The Morgan fingerprint density at radius 1 is 1.08 bits per heavy atom. The molecule has 1 atom stereocenters. The topological polar surface area (TPSA) is 86.7 Å². The molecule has 7 heteroatoms. The molecule has 136 valence electrons. The molecule has 1 fully saturated rings. The molecule has 1 aliphatic carbocycles. The van der Waals surface area contributed by atoms with Gasteiger partial charge in [-0.25, -0.2) is 8.42 Å². The summed E-state index contributed by atoms with van der Waals surface area (Å²) in [6.45, 7) is 1.09. The second kappa shape index (κ2) is 7.61. The lowest BCUT2D eigenvalue weighted by Crippen LogP contribution is -2.24. The second-order valence-electron chi connectivity index (χ2n) is 6.12. The molecule has 3 rings (SSSR count). The SMILES string of the molecule is O=C(O)C1CCN(c2ccc(S(=O)(=O)NC3=C/C=C\C=C/C=C\3)cc2)C1. The van der Waals surface area contributed by atoms with Crippen molar-refractivity contribution in [1.82, 2.24) is 4.72 Å².